The van der Waals surface area contributed by atoms with Crippen LogP contribution in [-0.2, 0) is 16.1 Å². The molecule has 8 nitrogen and oxygen atoms in total. The molecular weight excluding hydrogens is 348 g/mol. The molecule has 3 aromatic heterocycles. The van der Waals surface area contributed by atoms with Crippen LogP contribution in [0.3, 0.4) is 0 Å². The Labute approximate surface area is 156 Å². The summed E-state index contributed by atoms with van der Waals surface area (Å²) in [5.74, 6) is 0.215. The van der Waals surface area contributed by atoms with Crippen LogP contribution >= 0.6 is 0 Å². The van der Waals surface area contributed by atoms with E-state index in [0.717, 1.165) is 0 Å². The number of nitrogens with one attached hydrogen (secondary N) is 1. The Morgan fingerprint density at radius 2 is 2.11 bits per heavy atom. The summed E-state index contributed by atoms with van der Waals surface area (Å²) < 4.78 is 11.9. The van der Waals surface area contributed by atoms with Crippen molar-refractivity contribution in [1.82, 2.24) is 20.1 Å². The second-order valence-electron chi connectivity index (χ2n) is 6.13. The first kappa shape index (κ1) is 18.4. The SMILES string of the molecule is CC(C)c1c(C(=O)OCC(=O)NCc2ccco2)cnn1-c1ccccn1. The number of hydrogen-bond donors (Lipinski definition) is 1. The van der Waals surface area contributed by atoms with Gasteiger partial charge in [0, 0.05) is 6.20 Å². The molecule has 0 aromatic carbocycles. The van der Waals surface area contributed by atoms with Crippen LogP contribution in [0.1, 0.15) is 41.6 Å². The maximum absolute atomic E-state index is 12.5. The topological polar surface area (TPSA) is 99.3 Å². The molecule has 1 amide bonds. The van der Waals surface area contributed by atoms with Crippen molar-refractivity contribution in [3.63, 3.8) is 0 Å². The van der Waals surface area contributed by atoms with Gasteiger partial charge in [-0.2, -0.15) is 5.10 Å². The van der Waals surface area contributed by atoms with E-state index in [0.29, 0.717) is 22.8 Å². The van der Waals surface area contributed by atoms with Gasteiger partial charge in [0.25, 0.3) is 5.91 Å². The quantitative estimate of drug-likeness (QED) is 0.643. The Morgan fingerprint density at radius 3 is 2.78 bits per heavy atom. The van der Waals surface area contributed by atoms with Gasteiger partial charge in [0.1, 0.15) is 11.3 Å². The smallest absolute Gasteiger partial charge is 0.342 e. The molecule has 3 rings (SSSR count). The maximum Gasteiger partial charge on any atom is 0.342 e. The van der Waals surface area contributed by atoms with Gasteiger partial charge in [-0.05, 0) is 30.2 Å². The summed E-state index contributed by atoms with van der Waals surface area (Å²) >= 11 is 0. The van der Waals surface area contributed by atoms with Crippen molar-refractivity contribution in [1.29, 1.82) is 0 Å². The molecule has 1 N–H and O–H groups in total. The lowest BCUT2D eigenvalue weighted by Crippen LogP contribution is -2.28. The van der Waals surface area contributed by atoms with Crippen LogP contribution in [0.5, 0.6) is 0 Å². The first-order valence-corrected chi connectivity index (χ1v) is 8.51. The summed E-state index contributed by atoms with van der Waals surface area (Å²) in [4.78, 5) is 28.6. The molecule has 3 heterocycles. The standard InChI is InChI=1S/C19H20N4O4/c1-13(2)18-15(11-22-23(18)16-7-3-4-8-20-16)19(25)27-12-17(24)21-10-14-6-5-9-26-14/h3-9,11,13H,10,12H2,1-2H3,(H,21,24). The fraction of sp³-hybridized carbons (Fsp3) is 0.263. The number of furan rings is 1. The predicted molar refractivity (Wildman–Crippen MR) is 96.3 cm³/mol. The van der Waals surface area contributed by atoms with Gasteiger partial charge in [-0.3, -0.25) is 4.79 Å². The van der Waals surface area contributed by atoms with E-state index in [-0.39, 0.29) is 19.1 Å². The molecule has 0 saturated carbocycles. The van der Waals surface area contributed by atoms with Gasteiger partial charge < -0.3 is 14.5 Å². The van der Waals surface area contributed by atoms with Gasteiger partial charge in [0.2, 0.25) is 0 Å². The Kier molecular flexibility index (Phi) is 5.65. The largest absolute Gasteiger partial charge is 0.467 e. The Bertz CT molecular complexity index is 901. The first-order valence-electron chi connectivity index (χ1n) is 8.51. The van der Waals surface area contributed by atoms with Crippen LogP contribution in [0.4, 0.5) is 0 Å². The number of rotatable bonds is 7. The van der Waals surface area contributed by atoms with E-state index in [4.69, 9.17) is 9.15 Å². The van der Waals surface area contributed by atoms with E-state index >= 15 is 0 Å². The molecule has 27 heavy (non-hydrogen) atoms. The minimum absolute atomic E-state index is 0.00448. The van der Waals surface area contributed by atoms with Crippen molar-refractivity contribution >= 4 is 11.9 Å². The average molecular weight is 368 g/mol. The molecule has 0 saturated heterocycles. The zero-order valence-corrected chi connectivity index (χ0v) is 15.1. The molecule has 0 aliphatic carbocycles. The maximum atomic E-state index is 12.5. The summed E-state index contributed by atoms with van der Waals surface area (Å²) in [6.45, 7) is 3.75. The van der Waals surface area contributed by atoms with E-state index < -0.39 is 11.9 Å². The molecule has 0 bridgehead atoms. The van der Waals surface area contributed by atoms with E-state index in [2.05, 4.69) is 15.4 Å². The highest BCUT2D eigenvalue weighted by Crippen LogP contribution is 2.22. The van der Waals surface area contributed by atoms with Crippen LogP contribution in [0.25, 0.3) is 5.82 Å². The molecule has 8 heteroatoms. The van der Waals surface area contributed by atoms with Gasteiger partial charge in [0.05, 0.1) is 24.7 Å². The monoisotopic (exact) mass is 368 g/mol. The predicted octanol–water partition coefficient (Wildman–Crippen LogP) is 2.46. The third kappa shape index (κ3) is 4.41. The van der Waals surface area contributed by atoms with Gasteiger partial charge in [-0.15, -0.1) is 0 Å². The van der Waals surface area contributed by atoms with Gasteiger partial charge >= 0.3 is 5.97 Å². The number of nitrogens with zero attached hydrogens (tertiary/aromatic N) is 3. The van der Waals surface area contributed by atoms with Crippen molar-refractivity contribution < 1.29 is 18.7 Å². The van der Waals surface area contributed by atoms with E-state index in [1.165, 1.54) is 12.5 Å². The number of ether oxygens (including phenoxy) is 1. The number of carbonyl (C=O) groups excluding carboxylic acids is 2. The molecule has 0 atom stereocenters. The number of esters is 1. The second-order valence-corrected chi connectivity index (χ2v) is 6.13. The molecule has 0 fully saturated rings. The van der Waals surface area contributed by atoms with Crippen molar-refractivity contribution in [2.45, 2.75) is 26.3 Å². The second kappa shape index (κ2) is 8.31. The van der Waals surface area contributed by atoms with Crippen molar-refractivity contribution in [2.24, 2.45) is 0 Å². The van der Waals surface area contributed by atoms with E-state index in [9.17, 15) is 9.59 Å². The summed E-state index contributed by atoms with van der Waals surface area (Å²) in [6, 6.07) is 8.92. The lowest BCUT2D eigenvalue weighted by molar-refractivity contribution is -0.124. The summed E-state index contributed by atoms with van der Waals surface area (Å²) in [7, 11) is 0. The van der Waals surface area contributed by atoms with Crippen molar-refractivity contribution in [3.8, 4) is 5.82 Å². The van der Waals surface area contributed by atoms with Gasteiger partial charge in [0.15, 0.2) is 12.4 Å². The number of aromatic nitrogens is 3. The fourth-order valence-corrected chi connectivity index (χ4v) is 2.59. The summed E-state index contributed by atoms with van der Waals surface area (Å²) in [5.41, 5.74) is 0.990. The molecule has 0 aliphatic heterocycles. The zero-order valence-electron chi connectivity index (χ0n) is 15.1. The molecule has 3 aromatic rings. The Hall–Kier alpha value is -3.42. The lowest BCUT2D eigenvalue weighted by atomic mass is 10.1. The third-order valence-corrected chi connectivity index (χ3v) is 3.81. The zero-order chi connectivity index (χ0) is 19.2. The molecular formula is C19H20N4O4. The van der Waals surface area contributed by atoms with Gasteiger partial charge in [-0.25, -0.2) is 14.5 Å². The molecule has 0 spiro atoms. The van der Waals surface area contributed by atoms with Crippen LogP contribution < -0.4 is 5.32 Å². The molecule has 0 radical (unpaired) electrons. The van der Waals surface area contributed by atoms with Crippen LogP contribution in [0.15, 0.2) is 53.4 Å². The van der Waals surface area contributed by atoms with Crippen molar-refractivity contribution in [3.05, 3.63) is 66.0 Å². The van der Waals surface area contributed by atoms with Crippen LogP contribution in [-0.4, -0.2) is 33.2 Å². The highest BCUT2D eigenvalue weighted by Gasteiger charge is 2.23. The number of hydrogen-bond acceptors (Lipinski definition) is 6. The normalized spacial score (nSPS) is 10.8. The number of amides is 1. The average Bonchev–Trinajstić information content (AvgIpc) is 3.34. The lowest BCUT2D eigenvalue weighted by Gasteiger charge is -2.12. The van der Waals surface area contributed by atoms with E-state index in [1.54, 1.807) is 35.1 Å². The number of carbonyl (C=O) groups is 2. The molecule has 140 valence electrons. The highest BCUT2D eigenvalue weighted by atomic mass is 16.5. The highest BCUT2D eigenvalue weighted by molar-refractivity contribution is 5.92. The molecule has 0 unspecified atom stereocenters. The Morgan fingerprint density at radius 1 is 1.26 bits per heavy atom. The molecule has 0 aliphatic rings. The van der Waals surface area contributed by atoms with Crippen LogP contribution in [0, 0.1) is 0 Å². The Balaban J connectivity index is 1.66. The first-order chi connectivity index (χ1) is 13.1. The van der Waals surface area contributed by atoms with E-state index in [1.807, 2.05) is 19.9 Å². The summed E-state index contributed by atoms with van der Waals surface area (Å²) in [6.07, 6.45) is 4.61. The fourth-order valence-electron chi connectivity index (χ4n) is 2.59. The van der Waals surface area contributed by atoms with Gasteiger partial charge in [-0.1, -0.05) is 19.9 Å². The van der Waals surface area contributed by atoms with Crippen LogP contribution in [0.2, 0.25) is 0 Å². The summed E-state index contributed by atoms with van der Waals surface area (Å²) in [5, 5.41) is 6.89. The third-order valence-electron chi connectivity index (χ3n) is 3.81. The minimum Gasteiger partial charge on any atom is -0.467 e. The minimum atomic E-state index is -0.603. The van der Waals surface area contributed by atoms with Crippen molar-refractivity contribution in [2.75, 3.05) is 6.61 Å². The number of pyridine rings is 1.